The lowest BCUT2D eigenvalue weighted by Crippen LogP contribution is -2.55. The molecule has 172 valence electrons. The molecule has 1 aromatic heterocycles. The van der Waals surface area contributed by atoms with Crippen molar-refractivity contribution in [2.45, 2.75) is 25.8 Å². The van der Waals surface area contributed by atoms with E-state index in [-0.39, 0.29) is 16.0 Å². The maximum Gasteiger partial charge on any atom is 0.345 e. The number of aromatic carboxylic acids is 1. The molecule has 0 radical (unpaired) electrons. The number of benzene rings is 3. The SMILES string of the molecule is Cc1ccccc1NC(C(=O)[N+]1(c2ccc(C(=O)O)cc2)CCCC1)c1ccc2ncoc2c1. The van der Waals surface area contributed by atoms with Crippen LogP contribution in [0.5, 0.6) is 0 Å². The van der Waals surface area contributed by atoms with Crippen LogP contribution in [0.2, 0.25) is 0 Å². The smallest absolute Gasteiger partial charge is 0.345 e. The molecule has 3 aromatic carbocycles. The number of amides is 1. The van der Waals surface area contributed by atoms with Crippen molar-refractivity contribution in [3.05, 3.63) is 89.8 Å². The van der Waals surface area contributed by atoms with Gasteiger partial charge in [0, 0.05) is 30.7 Å². The Bertz CT molecular complexity index is 1350. The molecular weight excluding hydrogens is 430 g/mol. The summed E-state index contributed by atoms with van der Waals surface area (Å²) in [6.45, 7) is 3.35. The molecule has 2 N–H and O–H groups in total. The quantitative estimate of drug-likeness (QED) is 0.382. The zero-order valence-corrected chi connectivity index (χ0v) is 18.9. The molecule has 4 aromatic rings. The number of nitrogens with zero attached hydrogens (tertiary/aromatic N) is 2. The lowest BCUT2D eigenvalue weighted by Gasteiger charge is -2.34. The number of hydrogen-bond acceptors (Lipinski definition) is 5. The Hall–Kier alpha value is -3.97. The van der Waals surface area contributed by atoms with Gasteiger partial charge < -0.3 is 14.8 Å². The average Bonchev–Trinajstić information content (AvgIpc) is 3.53. The molecule has 7 nitrogen and oxygen atoms in total. The van der Waals surface area contributed by atoms with E-state index in [9.17, 15) is 14.7 Å². The second-order valence-electron chi connectivity index (χ2n) is 8.78. The number of carboxylic acids is 1. The van der Waals surface area contributed by atoms with Crippen LogP contribution in [0.25, 0.3) is 11.1 Å². The minimum atomic E-state index is -0.981. The molecule has 0 saturated carbocycles. The van der Waals surface area contributed by atoms with Crippen LogP contribution < -0.4 is 9.80 Å². The van der Waals surface area contributed by atoms with Crippen LogP contribution in [0.4, 0.5) is 11.4 Å². The fraction of sp³-hybridized carbons (Fsp3) is 0.222. The van der Waals surface area contributed by atoms with E-state index in [1.54, 1.807) is 24.3 Å². The number of aryl methyl sites for hydroxylation is 1. The third-order valence-electron chi connectivity index (χ3n) is 6.74. The van der Waals surface area contributed by atoms with E-state index in [4.69, 9.17) is 4.42 Å². The number of para-hydroxylation sites is 1. The van der Waals surface area contributed by atoms with E-state index < -0.39 is 12.0 Å². The highest BCUT2D eigenvalue weighted by Gasteiger charge is 2.46. The molecule has 5 rings (SSSR count). The van der Waals surface area contributed by atoms with Gasteiger partial charge in [-0.3, -0.25) is 0 Å². The lowest BCUT2D eigenvalue weighted by atomic mass is 10.0. The van der Waals surface area contributed by atoms with Crippen LogP contribution in [0.3, 0.4) is 0 Å². The van der Waals surface area contributed by atoms with Gasteiger partial charge in [-0.2, -0.15) is 0 Å². The highest BCUT2D eigenvalue weighted by Crippen LogP contribution is 2.36. The summed E-state index contributed by atoms with van der Waals surface area (Å²) in [5.74, 6) is -0.965. The number of anilines is 1. The van der Waals surface area contributed by atoms with Gasteiger partial charge in [0.1, 0.15) is 11.2 Å². The minimum Gasteiger partial charge on any atom is -0.478 e. The fourth-order valence-corrected chi connectivity index (χ4v) is 4.85. The number of carboxylic acid groups (broad SMARTS) is 1. The summed E-state index contributed by atoms with van der Waals surface area (Å²) in [4.78, 5) is 30.0. The van der Waals surface area contributed by atoms with Crippen LogP contribution in [0.15, 0.2) is 77.5 Å². The molecule has 2 heterocycles. The van der Waals surface area contributed by atoms with Gasteiger partial charge in [0.15, 0.2) is 18.0 Å². The number of aromatic nitrogens is 1. The molecule has 1 amide bonds. The van der Waals surface area contributed by atoms with Gasteiger partial charge in [-0.15, -0.1) is 0 Å². The molecule has 7 heteroatoms. The number of fused-ring (bicyclic) bond motifs is 1. The Labute approximate surface area is 197 Å². The molecule has 1 aliphatic rings. The van der Waals surface area contributed by atoms with Gasteiger partial charge in [-0.25, -0.2) is 19.1 Å². The third-order valence-corrected chi connectivity index (χ3v) is 6.74. The third kappa shape index (κ3) is 3.84. The van der Waals surface area contributed by atoms with Gasteiger partial charge in [0.05, 0.1) is 18.7 Å². The van der Waals surface area contributed by atoms with Crippen molar-refractivity contribution in [3.63, 3.8) is 0 Å². The van der Waals surface area contributed by atoms with E-state index in [1.165, 1.54) is 6.39 Å². The molecular formula is C27H26N3O4+. The number of likely N-dealkylation sites (tertiary alicyclic amines) is 1. The molecule has 0 spiro atoms. The Morgan fingerprint density at radius 3 is 2.47 bits per heavy atom. The summed E-state index contributed by atoms with van der Waals surface area (Å²) < 4.78 is 5.69. The maximum absolute atomic E-state index is 14.4. The molecule has 0 aliphatic carbocycles. The Kier molecular flexibility index (Phi) is 5.63. The van der Waals surface area contributed by atoms with Crippen LogP contribution in [0, 0.1) is 6.92 Å². The van der Waals surface area contributed by atoms with Crippen molar-refractivity contribution >= 4 is 34.4 Å². The fourth-order valence-electron chi connectivity index (χ4n) is 4.85. The van der Waals surface area contributed by atoms with E-state index in [0.29, 0.717) is 18.7 Å². The highest BCUT2D eigenvalue weighted by atomic mass is 16.4. The predicted octanol–water partition coefficient (Wildman–Crippen LogP) is 5.32. The molecule has 1 atom stereocenters. The van der Waals surface area contributed by atoms with Crippen molar-refractivity contribution in [2.75, 3.05) is 18.4 Å². The monoisotopic (exact) mass is 456 g/mol. The zero-order valence-electron chi connectivity index (χ0n) is 18.9. The van der Waals surface area contributed by atoms with Gasteiger partial charge in [-0.05, 0) is 48.4 Å². The van der Waals surface area contributed by atoms with Crippen molar-refractivity contribution in [1.29, 1.82) is 0 Å². The molecule has 34 heavy (non-hydrogen) atoms. The van der Waals surface area contributed by atoms with Gasteiger partial charge >= 0.3 is 11.9 Å². The second kappa shape index (κ2) is 8.76. The van der Waals surface area contributed by atoms with Crippen molar-refractivity contribution in [1.82, 2.24) is 9.47 Å². The number of oxazole rings is 1. The maximum atomic E-state index is 14.4. The molecule has 1 aliphatic heterocycles. The average molecular weight is 457 g/mol. The van der Waals surface area contributed by atoms with Crippen molar-refractivity contribution < 1.29 is 19.1 Å². The topological polar surface area (TPSA) is 92.4 Å². The van der Waals surface area contributed by atoms with Crippen molar-refractivity contribution in [2.24, 2.45) is 0 Å². The number of hydrogen-bond donors (Lipinski definition) is 2. The predicted molar refractivity (Wildman–Crippen MR) is 131 cm³/mol. The first-order chi connectivity index (χ1) is 16.5. The minimum absolute atomic E-state index is 0.0164. The summed E-state index contributed by atoms with van der Waals surface area (Å²) in [6, 6.07) is 19.6. The highest BCUT2D eigenvalue weighted by molar-refractivity contribution is 5.97. The van der Waals surface area contributed by atoms with Gasteiger partial charge in [0.25, 0.3) is 0 Å². The first-order valence-corrected chi connectivity index (χ1v) is 11.4. The van der Waals surface area contributed by atoms with Crippen LogP contribution in [-0.4, -0.2) is 35.1 Å². The Balaban J connectivity index is 1.60. The van der Waals surface area contributed by atoms with Crippen molar-refractivity contribution in [3.8, 4) is 0 Å². The van der Waals surface area contributed by atoms with Gasteiger partial charge in [-0.1, -0.05) is 24.3 Å². The van der Waals surface area contributed by atoms with E-state index in [0.717, 1.165) is 40.9 Å². The normalized spacial score (nSPS) is 15.8. The van der Waals surface area contributed by atoms with Gasteiger partial charge in [0.2, 0.25) is 0 Å². The van der Waals surface area contributed by atoms with Crippen LogP contribution in [0.1, 0.15) is 40.4 Å². The number of carbonyl (C=O) groups is 2. The number of rotatable bonds is 6. The van der Waals surface area contributed by atoms with Crippen LogP contribution >= 0.6 is 0 Å². The number of carbonyl (C=O) groups excluding carboxylic acids is 1. The first-order valence-electron chi connectivity index (χ1n) is 11.4. The van der Waals surface area contributed by atoms with Crippen LogP contribution in [-0.2, 0) is 4.79 Å². The largest absolute Gasteiger partial charge is 0.478 e. The first kappa shape index (κ1) is 21.9. The lowest BCUT2D eigenvalue weighted by molar-refractivity contribution is -0.130. The molecule has 1 fully saturated rings. The van der Waals surface area contributed by atoms with E-state index >= 15 is 0 Å². The zero-order chi connectivity index (χ0) is 23.7. The molecule has 1 unspecified atom stereocenters. The summed E-state index contributed by atoms with van der Waals surface area (Å²) in [7, 11) is 0. The Morgan fingerprint density at radius 2 is 1.76 bits per heavy atom. The second-order valence-corrected chi connectivity index (χ2v) is 8.78. The Morgan fingerprint density at radius 1 is 1.03 bits per heavy atom. The number of nitrogens with one attached hydrogen (secondary N) is 1. The summed E-state index contributed by atoms with van der Waals surface area (Å²) in [5.41, 5.74) is 5.10. The molecule has 1 saturated heterocycles. The standard InChI is InChI=1S/C27H25N3O4/c1-18-6-2-3-7-22(18)29-25(20-10-13-23-24(16-20)34-17-28-23)26(31)30(14-4-5-15-30)21-11-8-19(9-12-21)27(32)33/h2-3,6-13,16-17,25,29H,4-5,14-15H2,1H3/p+1. The molecule has 0 bridgehead atoms. The summed E-state index contributed by atoms with van der Waals surface area (Å²) >= 11 is 0. The summed E-state index contributed by atoms with van der Waals surface area (Å²) in [6.07, 6.45) is 3.24. The van der Waals surface area contributed by atoms with E-state index in [2.05, 4.69) is 10.3 Å². The number of quaternary nitrogens is 1. The summed E-state index contributed by atoms with van der Waals surface area (Å²) in [5, 5.41) is 12.8. The van der Waals surface area contributed by atoms with E-state index in [1.807, 2.05) is 49.4 Å².